The highest BCUT2D eigenvalue weighted by Crippen LogP contribution is 2.14. The number of rotatable bonds is 1. The fraction of sp³-hybridized carbons (Fsp3) is 0. The summed E-state index contributed by atoms with van der Waals surface area (Å²) >= 11 is 3.29. The Balaban J connectivity index is 2.76. The van der Waals surface area contributed by atoms with Crippen LogP contribution in [0.1, 0.15) is 10.6 Å². The van der Waals surface area contributed by atoms with Crippen molar-refractivity contribution in [2.45, 2.75) is 0 Å². The van der Waals surface area contributed by atoms with E-state index in [2.05, 4.69) is 20.9 Å². The number of aromatic carboxylic acids is 1. The van der Waals surface area contributed by atoms with Crippen LogP contribution in [0.15, 0.2) is 29.0 Å². The SMILES string of the molecule is O=C(O)c1ncc2cc(Br)ccn12. The molecule has 0 aromatic carbocycles. The molecule has 0 aliphatic heterocycles. The monoisotopic (exact) mass is 240 g/mol. The van der Waals surface area contributed by atoms with Crippen molar-refractivity contribution in [2.24, 2.45) is 0 Å². The van der Waals surface area contributed by atoms with Crippen LogP contribution in [-0.2, 0) is 0 Å². The summed E-state index contributed by atoms with van der Waals surface area (Å²) in [5, 5.41) is 8.75. The Morgan fingerprint density at radius 2 is 2.38 bits per heavy atom. The number of pyridine rings is 1. The van der Waals surface area contributed by atoms with Gasteiger partial charge in [-0.1, -0.05) is 15.9 Å². The van der Waals surface area contributed by atoms with Gasteiger partial charge in [-0.3, -0.25) is 4.40 Å². The Labute approximate surface area is 82.0 Å². The lowest BCUT2D eigenvalue weighted by molar-refractivity contribution is 0.0683. The molecule has 0 fully saturated rings. The predicted octanol–water partition coefficient (Wildman–Crippen LogP) is 1.79. The number of carboxylic acid groups (broad SMARTS) is 1. The van der Waals surface area contributed by atoms with E-state index in [1.165, 1.54) is 10.6 Å². The molecule has 2 heterocycles. The average molecular weight is 241 g/mol. The molecule has 2 rings (SSSR count). The molecule has 0 atom stereocenters. The van der Waals surface area contributed by atoms with Gasteiger partial charge >= 0.3 is 5.97 Å². The number of halogens is 1. The molecular formula is C8H5BrN2O2. The van der Waals surface area contributed by atoms with E-state index < -0.39 is 5.97 Å². The largest absolute Gasteiger partial charge is 0.475 e. The van der Waals surface area contributed by atoms with Crippen molar-refractivity contribution in [1.29, 1.82) is 0 Å². The molecule has 0 saturated carbocycles. The molecule has 1 N–H and O–H groups in total. The van der Waals surface area contributed by atoms with Crippen LogP contribution in [0.2, 0.25) is 0 Å². The number of carboxylic acids is 1. The van der Waals surface area contributed by atoms with Gasteiger partial charge in [0, 0.05) is 10.7 Å². The summed E-state index contributed by atoms with van der Waals surface area (Å²) in [6, 6.07) is 3.57. The average Bonchev–Trinajstić information content (AvgIpc) is 2.46. The van der Waals surface area contributed by atoms with E-state index in [0.29, 0.717) is 0 Å². The van der Waals surface area contributed by atoms with Crippen LogP contribution in [0.5, 0.6) is 0 Å². The first kappa shape index (κ1) is 8.25. The minimum atomic E-state index is -1.03. The summed E-state index contributed by atoms with van der Waals surface area (Å²) in [5.41, 5.74) is 0.756. The van der Waals surface area contributed by atoms with Gasteiger partial charge in [-0.2, -0.15) is 0 Å². The van der Waals surface area contributed by atoms with Crippen LogP contribution < -0.4 is 0 Å². The molecule has 0 bridgehead atoms. The van der Waals surface area contributed by atoms with Gasteiger partial charge in [-0.05, 0) is 12.1 Å². The van der Waals surface area contributed by atoms with E-state index in [4.69, 9.17) is 5.11 Å². The molecule has 2 aromatic heterocycles. The minimum Gasteiger partial charge on any atom is -0.475 e. The number of aromatic nitrogens is 2. The number of nitrogens with zero attached hydrogens (tertiary/aromatic N) is 2. The molecule has 13 heavy (non-hydrogen) atoms. The van der Waals surface area contributed by atoms with Gasteiger partial charge in [0.25, 0.3) is 0 Å². The number of fused-ring (bicyclic) bond motifs is 1. The summed E-state index contributed by atoms with van der Waals surface area (Å²) in [5.74, 6) is -0.996. The second-order valence-electron chi connectivity index (χ2n) is 2.53. The van der Waals surface area contributed by atoms with Gasteiger partial charge in [-0.15, -0.1) is 0 Å². The van der Waals surface area contributed by atoms with Gasteiger partial charge in [0.05, 0.1) is 11.7 Å². The Morgan fingerprint density at radius 3 is 3.08 bits per heavy atom. The van der Waals surface area contributed by atoms with Crippen LogP contribution in [0, 0.1) is 0 Å². The first-order chi connectivity index (χ1) is 6.18. The molecule has 0 spiro atoms. The third-order valence-electron chi connectivity index (χ3n) is 1.69. The minimum absolute atomic E-state index is 0.0301. The molecule has 2 aromatic rings. The molecule has 4 nitrogen and oxygen atoms in total. The van der Waals surface area contributed by atoms with E-state index in [-0.39, 0.29) is 5.82 Å². The second kappa shape index (κ2) is 2.85. The molecule has 66 valence electrons. The van der Waals surface area contributed by atoms with E-state index in [1.54, 1.807) is 18.3 Å². The zero-order valence-corrected chi connectivity index (χ0v) is 8.02. The summed E-state index contributed by atoms with van der Waals surface area (Å²) in [6.07, 6.45) is 3.18. The fourth-order valence-corrected chi connectivity index (χ4v) is 1.48. The smallest absolute Gasteiger partial charge is 0.372 e. The second-order valence-corrected chi connectivity index (χ2v) is 3.44. The third-order valence-corrected chi connectivity index (χ3v) is 2.18. The van der Waals surface area contributed by atoms with Crippen LogP contribution in [-0.4, -0.2) is 20.5 Å². The fourth-order valence-electron chi connectivity index (χ4n) is 1.13. The molecule has 0 aliphatic carbocycles. The quantitative estimate of drug-likeness (QED) is 0.828. The lowest BCUT2D eigenvalue weighted by Crippen LogP contribution is -2.02. The normalized spacial score (nSPS) is 10.5. The van der Waals surface area contributed by atoms with Gasteiger partial charge in [-0.25, -0.2) is 9.78 Å². The molecular weight excluding hydrogens is 236 g/mol. The standard InChI is InChI=1S/C8H5BrN2O2/c9-5-1-2-11-6(3-5)4-10-7(11)8(12)13/h1-4H,(H,12,13). The Bertz CT molecular complexity index is 478. The number of imidazole rings is 1. The Kier molecular flexibility index (Phi) is 1.81. The first-order valence-corrected chi connectivity index (χ1v) is 4.33. The summed E-state index contributed by atoms with van der Waals surface area (Å²) < 4.78 is 2.42. The maximum atomic E-state index is 10.7. The van der Waals surface area contributed by atoms with E-state index in [1.807, 2.05) is 0 Å². The summed E-state index contributed by atoms with van der Waals surface area (Å²) in [4.78, 5) is 14.4. The molecule has 0 amide bonds. The van der Waals surface area contributed by atoms with Crippen molar-refractivity contribution in [3.05, 3.63) is 34.8 Å². The molecule has 0 unspecified atom stereocenters. The van der Waals surface area contributed by atoms with E-state index >= 15 is 0 Å². The van der Waals surface area contributed by atoms with Crippen LogP contribution in [0.4, 0.5) is 0 Å². The topological polar surface area (TPSA) is 54.6 Å². The zero-order chi connectivity index (χ0) is 9.42. The number of hydrogen-bond acceptors (Lipinski definition) is 2. The maximum Gasteiger partial charge on any atom is 0.372 e. The number of carbonyl (C=O) groups is 1. The van der Waals surface area contributed by atoms with Crippen molar-refractivity contribution in [3.63, 3.8) is 0 Å². The lowest BCUT2D eigenvalue weighted by atomic mass is 10.4. The van der Waals surface area contributed by atoms with Crippen molar-refractivity contribution >= 4 is 27.4 Å². The number of hydrogen-bond donors (Lipinski definition) is 1. The lowest BCUT2D eigenvalue weighted by Gasteiger charge is -1.96. The predicted molar refractivity (Wildman–Crippen MR) is 49.9 cm³/mol. The molecule has 0 radical (unpaired) electrons. The van der Waals surface area contributed by atoms with Gasteiger partial charge < -0.3 is 5.11 Å². The Morgan fingerprint density at radius 1 is 1.62 bits per heavy atom. The highest BCUT2D eigenvalue weighted by atomic mass is 79.9. The third kappa shape index (κ3) is 1.31. The summed E-state index contributed by atoms with van der Waals surface area (Å²) in [6.45, 7) is 0. The highest BCUT2D eigenvalue weighted by molar-refractivity contribution is 9.10. The molecule has 0 saturated heterocycles. The van der Waals surface area contributed by atoms with Crippen LogP contribution in [0.25, 0.3) is 5.52 Å². The van der Waals surface area contributed by atoms with Gasteiger partial charge in [0.2, 0.25) is 5.82 Å². The van der Waals surface area contributed by atoms with Crippen LogP contribution >= 0.6 is 15.9 Å². The van der Waals surface area contributed by atoms with Crippen molar-refractivity contribution < 1.29 is 9.90 Å². The van der Waals surface area contributed by atoms with E-state index in [0.717, 1.165) is 9.99 Å². The van der Waals surface area contributed by atoms with Crippen molar-refractivity contribution in [1.82, 2.24) is 9.38 Å². The van der Waals surface area contributed by atoms with Gasteiger partial charge in [0.15, 0.2) is 0 Å². The first-order valence-electron chi connectivity index (χ1n) is 3.54. The zero-order valence-electron chi connectivity index (χ0n) is 6.44. The van der Waals surface area contributed by atoms with Crippen LogP contribution in [0.3, 0.4) is 0 Å². The van der Waals surface area contributed by atoms with E-state index in [9.17, 15) is 4.79 Å². The maximum absolute atomic E-state index is 10.7. The van der Waals surface area contributed by atoms with Crippen molar-refractivity contribution in [2.75, 3.05) is 0 Å². The van der Waals surface area contributed by atoms with Gasteiger partial charge in [0.1, 0.15) is 0 Å². The van der Waals surface area contributed by atoms with Crippen molar-refractivity contribution in [3.8, 4) is 0 Å². The molecule has 0 aliphatic rings. The Hall–Kier alpha value is -1.36. The summed E-state index contributed by atoms with van der Waals surface area (Å²) in [7, 11) is 0. The molecule has 5 heteroatoms. The highest BCUT2D eigenvalue weighted by Gasteiger charge is 2.09.